The van der Waals surface area contributed by atoms with Crippen LogP contribution in [-0.4, -0.2) is 24.5 Å². The van der Waals surface area contributed by atoms with Crippen molar-refractivity contribution in [3.8, 4) is 5.75 Å². The largest absolute Gasteiger partial charge is 0.491 e. The molecule has 2 aromatic carbocycles. The second kappa shape index (κ2) is 11.0. The van der Waals surface area contributed by atoms with E-state index >= 15 is 0 Å². The summed E-state index contributed by atoms with van der Waals surface area (Å²) >= 11 is 0. The van der Waals surface area contributed by atoms with Gasteiger partial charge in [-0.15, -0.1) is 0 Å². The maximum Gasteiger partial charge on any atom is 0.239 e. The van der Waals surface area contributed by atoms with Gasteiger partial charge in [0.15, 0.2) is 0 Å². The zero-order valence-electron chi connectivity index (χ0n) is 16.7. The number of hydrogen-bond acceptors (Lipinski definition) is 4. The lowest BCUT2D eigenvalue weighted by atomic mass is 10.2. The summed E-state index contributed by atoms with van der Waals surface area (Å²) in [6.07, 6.45) is 1.43. The second-order valence-corrected chi connectivity index (χ2v) is 6.82. The average Bonchev–Trinajstić information content (AvgIpc) is 2.66. The minimum atomic E-state index is -0.108. The van der Waals surface area contributed by atoms with E-state index in [1.807, 2.05) is 69.3 Å². The van der Waals surface area contributed by atoms with Crippen molar-refractivity contribution in [1.82, 2.24) is 5.32 Å². The Morgan fingerprint density at radius 3 is 2.39 bits per heavy atom. The van der Waals surface area contributed by atoms with Crippen LogP contribution in [0.5, 0.6) is 5.75 Å². The molecule has 3 N–H and O–H groups in total. The van der Waals surface area contributed by atoms with Gasteiger partial charge in [-0.2, -0.15) is 0 Å². The summed E-state index contributed by atoms with van der Waals surface area (Å²) in [5.74, 6) is 0.697. The molecule has 0 spiro atoms. The molecule has 0 fully saturated rings. The van der Waals surface area contributed by atoms with E-state index < -0.39 is 0 Å². The fraction of sp³-hybridized carbons (Fsp3) is 0.364. The molecule has 0 aliphatic heterocycles. The van der Waals surface area contributed by atoms with Crippen molar-refractivity contribution in [3.63, 3.8) is 0 Å². The summed E-state index contributed by atoms with van der Waals surface area (Å²) in [5, 5.41) is 8.80. The minimum Gasteiger partial charge on any atom is -0.491 e. The van der Waals surface area contributed by atoms with Gasteiger partial charge in [0.2, 0.25) is 11.8 Å². The zero-order chi connectivity index (χ0) is 20.4. The molecule has 0 aliphatic rings. The Hall–Kier alpha value is -3.02. The number of amides is 2. The summed E-state index contributed by atoms with van der Waals surface area (Å²) in [6, 6.07) is 15.0. The van der Waals surface area contributed by atoms with Crippen LogP contribution in [0.2, 0.25) is 0 Å². The first-order valence-corrected chi connectivity index (χ1v) is 9.62. The van der Waals surface area contributed by atoms with Crippen LogP contribution in [-0.2, 0) is 16.1 Å². The van der Waals surface area contributed by atoms with E-state index in [4.69, 9.17) is 4.74 Å². The number of rotatable bonds is 10. The molecular weight excluding hydrogens is 354 g/mol. The topological polar surface area (TPSA) is 79.5 Å². The van der Waals surface area contributed by atoms with Gasteiger partial charge in [0.25, 0.3) is 0 Å². The van der Waals surface area contributed by atoms with Crippen LogP contribution in [0, 0.1) is 0 Å². The van der Waals surface area contributed by atoms with Crippen LogP contribution in [0.4, 0.5) is 11.4 Å². The van der Waals surface area contributed by atoms with Gasteiger partial charge in [-0.25, -0.2) is 0 Å². The molecule has 150 valence electrons. The monoisotopic (exact) mass is 383 g/mol. The first kappa shape index (κ1) is 21.3. The zero-order valence-corrected chi connectivity index (χ0v) is 16.7. The normalized spacial score (nSPS) is 10.4. The van der Waals surface area contributed by atoms with E-state index in [2.05, 4.69) is 16.0 Å². The number of carbonyl (C=O) groups is 2. The molecule has 0 aliphatic carbocycles. The lowest BCUT2D eigenvalue weighted by molar-refractivity contribution is -0.119. The van der Waals surface area contributed by atoms with E-state index in [1.54, 1.807) is 0 Å². The highest BCUT2D eigenvalue weighted by atomic mass is 16.5. The Morgan fingerprint density at radius 2 is 1.71 bits per heavy atom. The molecule has 2 rings (SSSR count). The fourth-order valence-electron chi connectivity index (χ4n) is 2.56. The molecule has 2 amide bonds. The molecule has 0 aromatic heterocycles. The predicted molar refractivity (Wildman–Crippen MR) is 113 cm³/mol. The second-order valence-electron chi connectivity index (χ2n) is 6.82. The molecule has 0 bridgehead atoms. The third-order valence-electron chi connectivity index (χ3n) is 3.86. The number of anilines is 2. The van der Waals surface area contributed by atoms with Crippen molar-refractivity contribution < 1.29 is 14.3 Å². The molecule has 0 unspecified atom stereocenters. The molecule has 28 heavy (non-hydrogen) atoms. The van der Waals surface area contributed by atoms with Gasteiger partial charge < -0.3 is 20.7 Å². The summed E-state index contributed by atoms with van der Waals surface area (Å²) in [4.78, 5) is 23.8. The van der Waals surface area contributed by atoms with Gasteiger partial charge in [-0.05, 0) is 56.2 Å². The lowest BCUT2D eigenvalue weighted by Crippen LogP contribution is -2.29. The Bertz CT molecular complexity index is 773. The lowest BCUT2D eigenvalue weighted by Gasteiger charge is -2.11. The number of benzene rings is 2. The van der Waals surface area contributed by atoms with Crippen LogP contribution in [0.1, 0.15) is 39.2 Å². The first-order valence-electron chi connectivity index (χ1n) is 9.62. The molecule has 2 aromatic rings. The van der Waals surface area contributed by atoms with Crippen LogP contribution in [0.3, 0.4) is 0 Å². The van der Waals surface area contributed by atoms with Crippen molar-refractivity contribution in [2.24, 2.45) is 0 Å². The molecule has 6 nitrogen and oxygen atoms in total. The maximum absolute atomic E-state index is 12.1. The van der Waals surface area contributed by atoms with Crippen molar-refractivity contribution in [2.45, 2.75) is 46.3 Å². The third-order valence-corrected chi connectivity index (χ3v) is 3.86. The van der Waals surface area contributed by atoms with Gasteiger partial charge in [0, 0.05) is 24.3 Å². The third kappa shape index (κ3) is 7.70. The van der Waals surface area contributed by atoms with E-state index in [-0.39, 0.29) is 24.5 Å². The highest BCUT2D eigenvalue weighted by Crippen LogP contribution is 2.16. The van der Waals surface area contributed by atoms with Crippen molar-refractivity contribution in [3.05, 3.63) is 54.1 Å². The smallest absolute Gasteiger partial charge is 0.239 e. The van der Waals surface area contributed by atoms with E-state index in [0.29, 0.717) is 18.7 Å². The molecule has 0 radical (unpaired) electrons. The number of hydrogen-bond donors (Lipinski definition) is 3. The van der Waals surface area contributed by atoms with Gasteiger partial charge in [-0.3, -0.25) is 9.59 Å². The van der Waals surface area contributed by atoms with Gasteiger partial charge >= 0.3 is 0 Å². The van der Waals surface area contributed by atoms with Gasteiger partial charge in [-0.1, -0.05) is 25.1 Å². The van der Waals surface area contributed by atoms with Crippen LogP contribution in [0.25, 0.3) is 0 Å². The first-order chi connectivity index (χ1) is 13.5. The highest BCUT2D eigenvalue weighted by Gasteiger charge is 2.05. The SMILES string of the molecule is CCCC(=O)Nc1cccc(NCC(=O)NCc2ccc(OC(C)C)cc2)c1. The molecule has 0 saturated heterocycles. The summed E-state index contributed by atoms with van der Waals surface area (Å²) in [7, 11) is 0. The molecule has 6 heteroatoms. The van der Waals surface area contributed by atoms with Gasteiger partial charge in [0.05, 0.1) is 12.6 Å². The number of nitrogens with one attached hydrogen (secondary N) is 3. The van der Waals surface area contributed by atoms with E-state index in [9.17, 15) is 9.59 Å². The quantitative estimate of drug-likeness (QED) is 0.581. The number of ether oxygens (including phenoxy) is 1. The van der Waals surface area contributed by atoms with Crippen molar-refractivity contribution in [1.29, 1.82) is 0 Å². The fourth-order valence-corrected chi connectivity index (χ4v) is 2.56. The molecular formula is C22H29N3O3. The van der Waals surface area contributed by atoms with E-state index in [0.717, 1.165) is 23.4 Å². The Kier molecular flexibility index (Phi) is 8.34. The summed E-state index contributed by atoms with van der Waals surface area (Å²) in [5.41, 5.74) is 2.50. The molecule has 0 saturated carbocycles. The molecule has 0 atom stereocenters. The van der Waals surface area contributed by atoms with Crippen LogP contribution < -0.4 is 20.7 Å². The average molecular weight is 383 g/mol. The Labute approximate surface area is 166 Å². The summed E-state index contributed by atoms with van der Waals surface area (Å²) in [6.45, 7) is 6.53. The minimum absolute atomic E-state index is 0.0118. The summed E-state index contributed by atoms with van der Waals surface area (Å²) < 4.78 is 5.61. The Balaban J connectivity index is 1.77. The number of carbonyl (C=O) groups excluding carboxylic acids is 2. The molecule has 0 heterocycles. The van der Waals surface area contributed by atoms with Crippen LogP contribution in [0.15, 0.2) is 48.5 Å². The predicted octanol–water partition coefficient (Wildman–Crippen LogP) is 3.94. The van der Waals surface area contributed by atoms with Crippen LogP contribution >= 0.6 is 0 Å². The van der Waals surface area contributed by atoms with E-state index in [1.165, 1.54) is 0 Å². The van der Waals surface area contributed by atoms with Crippen molar-refractivity contribution >= 4 is 23.2 Å². The highest BCUT2D eigenvalue weighted by molar-refractivity contribution is 5.91. The van der Waals surface area contributed by atoms with Gasteiger partial charge in [0.1, 0.15) is 5.75 Å². The Morgan fingerprint density at radius 1 is 1.00 bits per heavy atom. The maximum atomic E-state index is 12.1. The van der Waals surface area contributed by atoms with Crippen molar-refractivity contribution in [2.75, 3.05) is 17.2 Å². The standard InChI is InChI=1S/C22H29N3O3/c1-4-6-21(26)25-19-8-5-7-18(13-19)23-15-22(27)24-14-17-9-11-20(12-10-17)28-16(2)3/h5,7-13,16,23H,4,6,14-15H2,1-3H3,(H,24,27)(H,25,26).